The molecule has 3 heterocycles. The second kappa shape index (κ2) is 9.30. The van der Waals surface area contributed by atoms with Gasteiger partial charge in [0.2, 0.25) is 0 Å². The van der Waals surface area contributed by atoms with Crippen molar-refractivity contribution in [2.75, 3.05) is 32.5 Å². The fourth-order valence-corrected chi connectivity index (χ4v) is 4.25. The largest absolute Gasteiger partial charge is 0.428 e. The molecule has 3 N–H and O–H groups in total. The summed E-state index contributed by atoms with van der Waals surface area (Å²) in [5, 5.41) is 7.40. The second-order valence-corrected chi connectivity index (χ2v) is 8.79. The van der Waals surface area contributed by atoms with Crippen molar-refractivity contribution in [2.24, 2.45) is 0 Å². The Bertz CT molecular complexity index is 1180. The summed E-state index contributed by atoms with van der Waals surface area (Å²) >= 11 is 0. The van der Waals surface area contributed by atoms with E-state index in [1.807, 2.05) is 6.92 Å². The van der Waals surface area contributed by atoms with E-state index >= 15 is 0 Å². The Balaban J connectivity index is 1.46. The summed E-state index contributed by atoms with van der Waals surface area (Å²) in [5.74, 6) is -0.954. The molecule has 3 amide bonds. The van der Waals surface area contributed by atoms with Crippen molar-refractivity contribution in [1.29, 1.82) is 0 Å². The molecule has 0 radical (unpaired) electrons. The highest BCUT2D eigenvalue weighted by atomic mass is 19.1. The molecule has 0 bridgehead atoms. The van der Waals surface area contributed by atoms with Crippen LogP contribution in [0.4, 0.5) is 14.9 Å². The highest BCUT2D eigenvalue weighted by molar-refractivity contribution is 6.34. The second-order valence-electron chi connectivity index (χ2n) is 8.79. The van der Waals surface area contributed by atoms with Gasteiger partial charge in [-0.05, 0) is 56.5 Å². The average Bonchev–Trinajstić information content (AvgIpc) is 3.24. The summed E-state index contributed by atoms with van der Waals surface area (Å²) in [5.41, 5.74) is 3.91. The highest BCUT2D eigenvalue weighted by Crippen LogP contribution is 2.34. The minimum absolute atomic E-state index is 0.0484. The molecule has 9 nitrogen and oxygen atoms in total. The number of aryl methyl sites for hydroxylation is 1. The van der Waals surface area contributed by atoms with Crippen LogP contribution in [0.1, 0.15) is 45.7 Å². The summed E-state index contributed by atoms with van der Waals surface area (Å²) < 4.78 is 13.7. The number of aromatic amines is 1. The van der Waals surface area contributed by atoms with Gasteiger partial charge in [-0.1, -0.05) is 0 Å². The van der Waals surface area contributed by atoms with Gasteiger partial charge in [0.25, 0.3) is 11.8 Å². The molecule has 1 aromatic carbocycles. The summed E-state index contributed by atoms with van der Waals surface area (Å²) in [6.45, 7) is 4.67. The zero-order valence-corrected chi connectivity index (χ0v) is 19.6. The van der Waals surface area contributed by atoms with Crippen LogP contribution in [-0.2, 0) is 9.63 Å². The predicted octanol–water partition coefficient (Wildman–Crippen LogP) is 3.07. The van der Waals surface area contributed by atoms with Crippen molar-refractivity contribution >= 4 is 35.2 Å². The number of H-pyrrole nitrogens is 1. The van der Waals surface area contributed by atoms with E-state index in [2.05, 4.69) is 15.6 Å². The van der Waals surface area contributed by atoms with Crippen molar-refractivity contribution in [3.63, 3.8) is 0 Å². The Morgan fingerprint density at radius 1 is 1.24 bits per heavy atom. The Morgan fingerprint density at radius 2 is 1.94 bits per heavy atom. The molecule has 0 unspecified atom stereocenters. The number of fused-ring (bicyclic) bond motifs is 1. The van der Waals surface area contributed by atoms with Crippen LogP contribution in [0.5, 0.6) is 0 Å². The third kappa shape index (κ3) is 4.67. The minimum Gasteiger partial charge on any atom is -0.358 e. The fraction of sp³-hybridized carbons (Fsp3) is 0.375. The first-order valence-electron chi connectivity index (χ1n) is 11.1. The summed E-state index contributed by atoms with van der Waals surface area (Å²) in [6, 6.07) is 4.10. The maximum atomic E-state index is 13.7. The average molecular weight is 470 g/mol. The molecule has 10 heteroatoms. The molecule has 2 aromatic rings. The first kappa shape index (κ1) is 23.5. The van der Waals surface area contributed by atoms with Crippen LogP contribution in [0.3, 0.4) is 0 Å². The van der Waals surface area contributed by atoms with E-state index in [9.17, 15) is 18.8 Å². The Kier molecular flexibility index (Phi) is 6.43. The number of aromatic nitrogens is 1. The molecular formula is C24H28FN5O4. The number of nitrogens with one attached hydrogen (secondary N) is 3. The van der Waals surface area contributed by atoms with Gasteiger partial charge in [0, 0.05) is 55.9 Å². The van der Waals surface area contributed by atoms with Crippen LogP contribution in [0.15, 0.2) is 18.2 Å². The first-order chi connectivity index (χ1) is 16.1. The number of carbonyl (C=O) groups excluding carboxylic acids is 3. The number of anilines is 1. The number of halogens is 1. The van der Waals surface area contributed by atoms with Crippen LogP contribution in [0, 0.1) is 19.7 Å². The smallest absolute Gasteiger partial charge is 0.358 e. The van der Waals surface area contributed by atoms with Crippen LogP contribution in [-0.4, -0.2) is 66.1 Å². The van der Waals surface area contributed by atoms with Crippen LogP contribution >= 0.6 is 0 Å². The van der Waals surface area contributed by atoms with Gasteiger partial charge in [0.05, 0.1) is 11.1 Å². The van der Waals surface area contributed by atoms with Gasteiger partial charge >= 0.3 is 6.09 Å². The van der Waals surface area contributed by atoms with Gasteiger partial charge in [0.1, 0.15) is 5.82 Å². The number of nitrogens with zero attached hydrogens (tertiary/aromatic N) is 2. The zero-order valence-electron chi connectivity index (χ0n) is 19.6. The molecule has 180 valence electrons. The van der Waals surface area contributed by atoms with Crippen LogP contribution in [0.25, 0.3) is 11.6 Å². The minimum atomic E-state index is -0.428. The van der Waals surface area contributed by atoms with E-state index in [4.69, 9.17) is 4.84 Å². The summed E-state index contributed by atoms with van der Waals surface area (Å²) in [6.07, 6.45) is 2.52. The van der Waals surface area contributed by atoms with Crippen molar-refractivity contribution in [3.8, 4) is 0 Å². The molecule has 0 saturated carbocycles. The SMILES string of the molecule is Cc1[nH]c(/C=C2\C(=O)Nc3ccc(F)cc32)c(C)c1C(=O)NC1CCN(OC(=O)N(C)C)CC1. The molecule has 0 aliphatic carbocycles. The number of hydrogen-bond donors (Lipinski definition) is 3. The monoisotopic (exact) mass is 469 g/mol. The lowest BCUT2D eigenvalue weighted by molar-refractivity contribution is -0.122. The summed E-state index contributed by atoms with van der Waals surface area (Å²) in [7, 11) is 3.24. The number of amides is 3. The number of piperidine rings is 1. The molecule has 0 atom stereocenters. The molecule has 2 aliphatic rings. The third-order valence-electron chi connectivity index (χ3n) is 6.12. The summed E-state index contributed by atoms with van der Waals surface area (Å²) in [4.78, 5) is 47.0. The Morgan fingerprint density at radius 3 is 2.62 bits per heavy atom. The van der Waals surface area contributed by atoms with E-state index in [-0.39, 0.29) is 17.9 Å². The molecule has 4 rings (SSSR count). The zero-order chi connectivity index (χ0) is 24.6. The normalized spacial score (nSPS) is 17.4. The Hall–Kier alpha value is -3.66. The first-order valence-corrected chi connectivity index (χ1v) is 11.1. The number of hydroxylamine groups is 2. The molecule has 34 heavy (non-hydrogen) atoms. The van der Waals surface area contributed by atoms with Crippen molar-refractivity contribution in [1.82, 2.24) is 20.3 Å². The van der Waals surface area contributed by atoms with Gasteiger partial charge in [-0.3, -0.25) is 9.59 Å². The van der Waals surface area contributed by atoms with E-state index in [1.165, 1.54) is 23.1 Å². The third-order valence-corrected chi connectivity index (χ3v) is 6.12. The van der Waals surface area contributed by atoms with E-state index < -0.39 is 11.9 Å². The van der Waals surface area contributed by atoms with Gasteiger partial charge in [-0.25, -0.2) is 9.18 Å². The lowest BCUT2D eigenvalue weighted by Crippen LogP contribution is -2.46. The number of rotatable bonds is 4. The van der Waals surface area contributed by atoms with Crippen molar-refractivity contribution in [2.45, 2.75) is 32.7 Å². The van der Waals surface area contributed by atoms with Crippen LogP contribution in [0.2, 0.25) is 0 Å². The molecule has 1 fully saturated rings. The van der Waals surface area contributed by atoms with Crippen LogP contribution < -0.4 is 10.6 Å². The lowest BCUT2D eigenvalue weighted by Gasteiger charge is -2.31. The lowest BCUT2D eigenvalue weighted by atomic mass is 10.0. The van der Waals surface area contributed by atoms with E-state index in [1.54, 1.807) is 32.2 Å². The van der Waals surface area contributed by atoms with Gasteiger partial charge < -0.3 is 25.4 Å². The standard InChI is InChI=1S/C24H28FN5O4/c1-13-20(12-18-17-11-15(25)5-6-19(17)28-22(18)31)26-14(2)21(13)23(32)27-16-7-9-30(10-8-16)34-24(33)29(3)4/h5-6,11-12,16,26H,7-10H2,1-4H3,(H,27,32)(H,28,31)/b18-12-. The van der Waals surface area contributed by atoms with Gasteiger partial charge in [0.15, 0.2) is 0 Å². The molecule has 2 aliphatic heterocycles. The topological polar surface area (TPSA) is 107 Å². The van der Waals surface area contributed by atoms with Gasteiger partial charge in [-0.15, -0.1) is 5.06 Å². The van der Waals surface area contributed by atoms with Crippen molar-refractivity contribution < 1.29 is 23.6 Å². The Labute approximate surface area is 196 Å². The molecule has 0 spiro atoms. The quantitative estimate of drug-likeness (QED) is 0.597. The van der Waals surface area contributed by atoms with Gasteiger partial charge in [-0.2, -0.15) is 0 Å². The number of benzene rings is 1. The predicted molar refractivity (Wildman–Crippen MR) is 125 cm³/mol. The molecular weight excluding hydrogens is 441 g/mol. The molecule has 1 aromatic heterocycles. The maximum absolute atomic E-state index is 13.7. The number of carbonyl (C=O) groups is 3. The highest BCUT2D eigenvalue weighted by Gasteiger charge is 2.28. The molecule has 1 saturated heterocycles. The fourth-order valence-electron chi connectivity index (χ4n) is 4.25. The van der Waals surface area contributed by atoms with E-state index in [0.717, 1.165) is 0 Å². The van der Waals surface area contributed by atoms with E-state index in [0.29, 0.717) is 65.3 Å². The van der Waals surface area contributed by atoms with Crippen molar-refractivity contribution in [3.05, 3.63) is 52.1 Å². The maximum Gasteiger partial charge on any atom is 0.428 e. The number of hydrogen-bond acceptors (Lipinski definition) is 5.